The third-order valence-corrected chi connectivity index (χ3v) is 1.51. The molecule has 1 aromatic rings. The largest absolute Gasteiger partial charge is 0.381 e. The Morgan fingerprint density at radius 2 is 2.00 bits per heavy atom. The molecule has 0 aliphatic carbocycles. The van der Waals surface area contributed by atoms with Crippen molar-refractivity contribution in [1.29, 1.82) is 0 Å². The van der Waals surface area contributed by atoms with Crippen LogP contribution in [0.25, 0.3) is 0 Å². The summed E-state index contributed by atoms with van der Waals surface area (Å²) in [5, 5.41) is 0. The molecule has 1 aliphatic rings. The summed E-state index contributed by atoms with van der Waals surface area (Å²) in [6, 6.07) is 4.93. The highest BCUT2D eigenvalue weighted by Crippen LogP contribution is 1.98. The Bertz CT molecular complexity index is 228. The van der Waals surface area contributed by atoms with Crippen molar-refractivity contribution < 1.29 is 4.74 Å². The van der Waals surface area contributed by atoms with Crippen molar-refractivity contribution in [3.63, 3.8) is 0 Å². The summed E-state index contributed by atoms with van der Waals surface area (Å²) < 4.78 is 4.94. The van der Waals surface area contributed by atoms with Crippen molar-refractivity contribution in [2.75, 3.05) is 13.2 Å². The molecule has 3 heteroatoms. The topological polar surface area (TPSA) is 42.1 Å². The van der Waals surface area contributed by atoms with Gasteiger partial charge in [0.2, 0.25) is 5.56 Å². The highest BCUT2D eigenvalue weighted by Gasteiger charge is 1.94. The minimum Gasteiger partial charge on any atom is -0.381 e. The third kappa shape index (κ3) is 3.93. The minimum absolute atomic E-state index is 0.0532. The molecule has 0 unspecified atom stereocenters. The van der Waals surface area contributed by atoms with Crippen LogP contribution in [0, 0.1) is 0 Å². The zero-order chi connectivity index (χ0) is 8.65. The number of hydrogen-bond acceptors (Lipinski definition) is 2. The molecule has 1 aliphatic heterocycles. The number of H-pyrrole nitrogens is 1. The van der Waals surface area contributed by atoms with Gasteiger partial charge in [-0.25, -0.2) is 0 Å². The van der Waals surface area contributed by atoms with E-state index in [-0.39, 0.29) is 5.56 Å². The fraction of sp³-hybridized carbons (Fsp3) is 0.444. The predicted molar refractivity (Wildman–Crippen MR) is 47.1 cm³/mol. The summed E-state index contributed by atoms with van der Waals surface area (Å²) >= 11 is 0. The van der Waals surface area contributed by atoms with Gasteiger partial charge in [0.25, 0.3) is 0 Å². The van der Waals surface area contributed by atoms with Gasteiger partial charge < -0.3 is 9.72 Å². The number of ether oxygens (including phenoxy) is 1. The standard InChI is InChI=1S/C5H5NO.C4H8O/c7-5-3-1-2-4-6-5;1-2-4-5-3-1/h1-4H,(H,6,7);1-4H2. The van der Waals surface area contributed by atoms with E-state index in [1.165, 1.54) is 18.9 Å². The van der Waals surface area contributed by atoms with E-state index in [1.807, 2.05) is 0 Å². The van der Waals surface area contributed by atoms with Crippen molar-refractivity contribution in [1.82, 2.24) is 4.98 Å². The van der Waals surface area contributed by atoms with Gasteiger partial charge in [-0.1, -0.05) is 6.07 Å². The Balaban J connectivity index is 0.000000127. The van der Waals surface area contributed by atoms with Crippen LogP contribution in [0.15, 0.2) is 29.2 Å². The van der Waals surface area contributed by atoms with Gasteiger partial charge in [0.15, 0.2) is 0 Å². The molecule has 12 heavy (non-hydrogen) atoms. The van der Waals surface area contributed by atoms with Gasteiger partial charge in [-0.05, 0) is 18.9 Å². The molecule has 0 amide bonds. The maximum Gasteiger partial charge on any atom is 0.247 e. The summed E-state index contributed by atoms with van der Waals surface area (Å²) in [5.74, 6) is 0. The number of aromatic amines is 1. The van der Waals surface area contributed by atoms with Gasteiger partial charge in [0, 0.05) is 25.5 Å². The molecule has 1 fully saturated rings. The van der Waals surface area contributed by atoms with E-state index < -0.39 is 0 Å². The second kappa shape index (κ2) is 5.55. The molecule has 66 valence electrons. The lowest BCUT2D eigenvalue weighted by Crippen LogP contribution is -1.98. The van der Waals surface area contributed by atoms with E-state index >= 15 is 0 Å². The van der Waals surface area contributed by atoms with Crippen LogP contribution in [0.3, 0.4) is 0 Å². The SMILES string of the molecule is C1CCOC1.O=c1cccc[nH]1. The molecule has 2 rings (SSSR count). The first kappa shape index (κ1) is 9.00. The Hall–Kier alpha value is -1.09. The summed E-state index contributed by atoms with van der Waals surface area (Å²) in [6.45, 7) is 2.00. The lowest BCUT2D eigenvalue weighted by atomic mass is 10.4. The number of hydrogen-bond donors (Lipinski definition) is 1. The van der Waals surface area contributed by atoms with Gasteiger partial charge in [-0.3, -0.25) is 4.79 Å². The third-order valence-electron chi connectivity index (χ3n) is 1.51. The zero-order valence-corrected chi connectivity index (χ0v) is 6.95. The highest BCUT2D eigenvalue weighted by atomic mass is 16.5. The fourth-order valence-electron chi connectivity index (χ4n) is 0.887. The number of aromatic nitrogens is 1. The number of pyridine rings is 1. The predicted octanol–water partition coefficient (Wildman–Crippen LogP) is 1.17. The van der Waals surface area contributed by atoms with Crippen molar-refractivity contribution >= 4 is 0 Å². The Morgan fingerprint density at radius 1 is 1.25 bits per heavy atom. The fourth-order valence-corrected chi connectivity index (χ4v) is 0.887. The van der Waals surface area contributed by atoms with Crippen LogP contribution in [0.2, 0.25) is 0 Å². The molecule has 2 heterocycles. The average Bonchev–Trinajstić information content (AvgIpc) is 2.62. The molecule has 1 N–H and O–H groups in total. The van der Waals surface area contributed by atoms with Gasteiger partial charge in [-0.2, -0.15) is 0 Å². The van der Waals surface area contributed by atoms with Crippen molar-refractivity contribution in [3.05, 3.63) is 34.7 Å². The van der Waals surface area contributed by atoms with Gasteiger partial charge in [-0.15, -0.1) is 0 Å². The molecule has 0 spiro atoms. The smallest absolute Gasteiger partial charge is 0.247 e. The molecule has 0 aromatic carbocycles. The molecular weight excluding hydrogens is 154 g/mol. The zero-order valence-electron chi connectivity index (χ0n) is 6.95. The highest BCUT2D eigenvalue weighted by molar-refractivity contribution is 4.89. The van der Waals surface area contributed by atoms with E-state index in [0.717, 1.165) is 13.2 Å². The molecule has 0 radical (unpaired) electrons. The van der Waals surface area contributed by atoms with Crippen LogP contribution in [-0.2, 0) is 4.74 Å². The Morgan fingerprint density at radius 3 is 2.25 bits per heavy atom. The average molecular weight is 167 g/mol. The second-order valence-electron chi connectivity index (χ2n) is 2.55. The lowest BCUT2D eigenvalue weighted by molar-refractivity contribution is 0.198. The number of nitrogens with one attached hydrogen (secondary N) is 1. The van der Waals surface area contributed by atoms with Gasteiger partial charge >= 0.3 is 0 Å². The van der Waals surface area contributed by atoms with E-state index in [1.54, 1.807) is 18.3 Å². The van der Waals surface area contributed by atoms with Gasteiger partial charge in [0.1, 0.15) is 0 Å². The molecule has 0 atom stereocenters. The van der Waals surface area contributed by atoms with E-state index in [4.69, 9.17) is 4.74 Å². The van der Waals surface area contributed by atoms with E-state index in [9.17, 15) is 4.79 Å². The van der Waals surface area contributed by atoms with Crippen molar-refractivity contribution in [2.24, 2.45) is 0 Å². The first-order valence-corrected chi connectivity index (χ1v) is 4.11. The van der Waals surface area contributed by atoms with Crippen molar-refractivity contribution in [3.8, 4) is 0 Å². The summed E-state index contributed by atoms with van der Waals surface area (Å²) in [7, 11) is 0. The first-order valence-electron chi connectivity index (χ1n) is 4.11. The van der Waals surface area contributed by atoms with Gasteiger partial charge in [0.05, 0.1) is 0 Å². The Kier molecular flexibility index (Phi) is 4.16. The summed E-state index contributed by atoms with van der Waals surface area (Å²) in [4.78, 5) is 12.7. The Labute approximate surface area is 71.4 Å². The molecule has 1 aromatic heterocycles. The normalized spacial score (nSPS) is 15.0. The van der Waals surface area contributed by atoms with E-state index in [0.29, 0.717) is 0 Å². The van der Waals surface area contributed by atoms with Crippen LogP contribution in [0.4, 0.5) is 0 Å². The maximum atomic E-state index is 10.2. The lowest BCUT2D eigenvalue weighted by Gasteiger charge is -1.76. The van der Waals surface area contributed by atoms with Crippen LogP contribution in [-0.4, -0.2) is 18.2 Å². The quantitative estimate of drug-likeness (QED) is 0.630. The first-order chi connectivity index (χ1) is 5.89. The number of rotatable bonds is 0. The van der Waals surface area contributed by atoms with Crippen LogP contribution < -0.4 is 5.56 Å². The van der Waals surface area contributed by atoms with Crippen LogP contribution in [0.5, 0.6) is 0 Å². The van der Waals surface area contributed by atoms with Crippen LogP contribution in [0.1, 0.15) is 12.8 Å². The summed E-state index contributed by atoms with van der Waals surface area (Å²) in [5.41, 5.74) is -0.0532. The monoisotopic (exact) mass is 167 g/mol. The molecule has 3 nitrogen and oxygen atoms in total. The van der Waals surface area contributed by atoms with Crippen LogP contribution >= 0.6 is 0 Å². The molecule has 0 bridgehead atoms. The second-order valence-corrected chi connectivity index (χ2v) is 2.55. The summed E-state index contributed by atoms with van der Waals surface area (Å²) in [6.07, 6.45) is 4.16. The van der Waals surface area contributed by atoms with Crippen molar-refractivity contribution in [2.45, 2.75) is 12.8 Å². The molecule has 1 saturated heterocycles. The minimum atomic E-state index is -0.0532. The molecule has 0 saturated carbocycles. The van der Waals surface area contributed by atoms with E-state index in [2.05, 4.69) is 4.98 Å². The maximum absolute atomic E-state index is 10.2. The molecular formula is C9H13NO2.